The van der Waals surface area contributed by atoms with Crippen LogP contribution >= 0.6 is 0 Å². The fourth-order valence-corrected chi connectivity index (χ4v) is 3.54. The van der Waals surface area contributed by atoms with Gasteiger partial charge in [0.15, 0.2) is 0 Å². The Kier molecular flexibility index (Phi) is 2.94. The highest BCUT2D eigenvalue weighted by Gasteiger charge is 2.14. The summed E-state index contributed by atoms with van der Waals surface area (Å²) < 4.78 is 1.74. The van der Waals surface area contributed by atoms with Gasteiger partial charge in [0.05, 0.1) is 5.52 Å². The summed E-state index contributed by atoms with van der Waals surface area (Å²) in [5.74, 6) is 0.639. The number of aromatic nitrogens is 2. The summed E-state index contributed by atoms with van der Waals surface area (Å²) in [7, 11) is 0. The Balaban J connectivity index is 2.14. The van der Waals surface area contributed by atoms with Crippen LogP contribution in [0.2, 0.25) is 0 Å². The Morgan fingerprint density at radius 3 is 2.16 bits per heavy atom. The lowest BCUT2D eigenvalue weighted by molar-refractivity contribution is 1.00. The predicted octanol–water partition coefficient (Wildman–Crippen LogP) is 4.69. The van der Waals surface area contributed by atoms with Crippen molar-refractivity contribution in [2.75, 3.05) is 0 Å². The van der Waals surface area contributed by atoms with Gasteiger partial charge in [-0.3, -0.25) is 9.36 Å². The Labute approximate surface area is 143 Å². The molecule has 25 heavy (non-hydrogen) atoms. The summed E-state index contributed by atoms with van der Waals surface area (Å²) in [4.78, 5) is 17.7. The van der Waals surface area contributed by atoms with Gasteiger partial charge in [-0.05, 0) is 29.0 Å². The molecule has 0 saturated carbocycles. The topological polar surface area (TPSA) is 34.9 Å². The minimum absolute atomic E-state index is 0.0434. The number of hydrogen-bond acceptors (Lipinski definition) is 2. The average Bonchev–Trinajstić information content (AvgIpc) is 2.69. The molecule has 3 heteroatoms. The van der Waals surface area contributed by atoms with E-state index in [4.69, 9.17) is 0 Å². The van der Waals surface area contributed by atoms with Crippen LogP contribution in [0.25, 0.3) is 38.3 Å². The smallest absolute Gasteiger partial charge is 0.264 e. The summed E-state index contributed by atoms with van der Waals surface area (Å²) in [6, 6.07) is 25.7. The largest absolute Gasteiger partial charge is 0.268 e. The molecule has 0 fully saturated rings. The van der Waals surface area contributed by atoms with Gasteiger partial charge in [-0.15, -0.1) is 0 Å². The van der Waals surface area contributed by atoms with Gasteiger partial charge in [-0.25, -0.2) is 4.98 Å². The summed E-state index contributed by atoms with van der Waals surface area (Å²) in [6.07, 6.45) is 1.72. The molecule has 5 aromatic rings. The first-order valence-corrected chi connectivity index (χ1v) is 8.21. The second-order valence-corrected chi connectivity index (χ2v) is 6.06. The first-order valence-electron chi connectivity index (χ1n) is 8.21. The molecule has 0 aliphatic carbocycles. The van der Waals surface area contributed by atoms with Crippen LogP contribution in [-0.4, -0.2) is 9.55 Å². The SMILES string of the molecule is O=c1c2ccccc2c2ccc3ccccc3c2n1-c1ccccn1. The lowest BCUT2D eigenvalue weighted by atomic mass is 10.0. The van der Waals surface area contributed by atoms with E-state index in [1.54, 1.807) is 10.8 Å². The zero-order chi connectivity index (χ0) is 16.8. The number of fused-ring (bicyclic) bond motifs is 5. The number of pyridine rings is 2. The number of rotatable bonds is 1. The molecule has 0 atom stereocenters. The zero-order valence-electron chi connectivity index (χ0n) is 13.4. The normalized spacial score (nSPS) is 11.4. The van der Waals surface area contributed by atoms with E-state index in [0.29, 0.717) is 11.2 Å². The Morgan fingerprint density at radius 1 is 0.640 bits per heavy atom. The molecular formula is C22H14N2O. The van der Waals surface area contributed by atoms with Gasteiger partial charge in [0.1, 0.15) is 5.82 Å². The minimum atomic E-state index is -0.0434. The number of benzene rings is 3. The molecule has 3 aromatic carbocycles. The van der Waals surface area contributed by atoms with Crippen molar-refractivity contribution in [2.24, 2.45) is 0 Å². The fourth-order valence-electron chi connectivity index (χ4n) is 3.54. The molecule has 2 aromatic heterocycles. The lowest BCUT2D eigenvalue weighted by Crippen LogP contribution is -2.20. The van der Waals surface area contributed by atoms with Gasteiger partial charge in [0.25, 0.3) is 5.56 Å². The zero-order valence-corrected chi connectivity index (χ0v) is 13.4. The molecule has 2 heterocycles. The third kappa shape index (κ3) is 1.99. The van der Waals surface area contributed by atoms with Crippen molar-refractivity contribution in [3.63, 3.8) is 0 Å². The van der Waals surface area contributed by atoms with E-state index in [1.165, 1.54) is 0 Å². The van der Waals surface area contributed by atoms with Crippen molar-refractivity contribution < 1.29 is 0 Å². The van der Waals surface area contributed by atoms with Gasteiger partial charge in [-0.2, -0.15) is 0 Å². The highest BCUT2D eigenvalue weighted by molar-refractivity contribution is 6.15. The van der Waals surface area contributed by atoms with E-state index in [1.807, 2.05) is 54.6 Å². The molecular weight excluding hydrogens is 308 g/mol. The van der Waals surface area contributed by atoms with Crippen LogP contribution in [0.5, 0.6) is 0 Å². The Bertz CT molecular complexity index is 1300. The van der Waals surface area contributed by atoms with E-state index < -0.39 is 0 Å². The molecule has 5 rings (SSSR count). The van der Waals surface area contributed by atoms with Crippen molar-refractivity contribution in [2.45, 2.75) is 0 Å². The summed E-state index contributed by atoms with van der Waals surface area (Å²) >= 11 is 0. The van der Waals surface area contributed by atoms with Gasteiger partial charge in [-0.1, -0.05) is 60.7 Å². The maximum atomic E-state index is 13.3. The monoisotopic (exact) mass is 322 g/mol. The fraction of sp³-hybridized carbons (Fsp3) is 0. The predicted molar refractivity (Wildman–Crippen MR) is 102 cm³/mol. The molecule has 0 aliphatic rings. The molecule has 0 N–H and O–H groups in total. The minimum Gasteiger partial charge on any atom is -0.268 e. The summed E-state index contributed by atoms with van der Waals surface area (Å²) in [5.41, 5.74) is 0.860. The second-order valence-electron chi connectivity index (χ2n) is 6.06. The molecule has 0 amide bonds. The van der Waals surface area contributed by atoms with Gasteiger partial charge in [0, 0.05) is 22.4 Å². The van der Waals surface area contributed by atoms with Crippen molar-refractivity contribution in [1.82, 2.24) is 9.55 Å². The molecule has 0 saturated heterocycles. The van der Waals surface area contributed by atoms with Crippen LogP contribution < -0.4 is 5.56 Å². The van der Waals surface area contributed by atoms with E-state index in [2.05, 4.69) is 29.2 Å². The number of nitrogens with zero attached hydrogens (tertiary/aromatic N) is 2. The van der Waals surface area contributed by atoms with E-state index >= 15 is 0 Å². The van der Waals surface area contributed by atoms with Gasteiger partial charge >= 0.3 is 0 Å². The quantitative estimate of drug-likeness (QED) is 0.420. The first-order chi connectivity index (χ1) is 12.3. The third-order valence-corrected chi connectivity index (χ3v) is 4.65. The van der Waals surface area contributed by atoms with Crippen molar-refractivity contribution in [3.05, 3.63) is 95.4 Å². The van der Waals surface area contributed by atoms with Crippen molar-refractivity contribution >= 4 is 32.4 Å². The standard InChI is InChI=1S/C22H14N2O/c25-22-19-10-4-3-9-17(19)18-13-12-15-7-1-2-8-16(15)21(18)24(22)20-11-5-6-14-23-20/h1-14H. The van der Waals surface area contributed by atoms with E-state index in [9.17, 15) is 4.79 Å². The Hall–Kier alpha value is -3.46. The van der Waals surface area contributed by atoms with Crippen LogP contribution in [0.15, 0.2) is 89.9 Å². The molecule has 3 nitrogen and oxygen atoms in total. The van der Waals surface area contributed by atoms with Gasteiger partial charge < -0.3 is 0 Å². The second kappa shape index (κ2) is 5.28. The molecule has 0 bridgehead atoms. The van der Waals surface area contributed by atoms with E-state index in [-0.39, 0.29) is 5.56 Å². The van der Waals surface area contributed by atoms with Crippen molar-refractivity contribution in [3.8, 4) is 5.82 Å². The third-order valence-electron chi connectivity index (χ3n) is 4.65. The highest BCUT2D eigenvalue weighted by atomic mass is 16.1. The average molecular weight is 322 g/mol. The Morgan fingerprint density at radius 2 is 1.36 bits per heavy atom. The van der Waals surface area contributed by atoms with Crippen LogP contribution in [0.1, 0.15) is 0 Å². The van der Waals surface area contributed by atoms with Crippen molar-refractivity contribution in [1.29, 1.82) is 0 Å². The summed E-state index contributed by atoms with van der Waals surface area (Å²) in [5, 5.41) is 4.89. The van der Waals surface area contributed by atoms with Crippen LogP contribution in [0.3, 0.4) is 0 Å². The number of hydrogen-bond donors (Lipinski definition) is 0. The molecule has 0 spiro atoms. The maximum absolute atomic E-state index is 13.3. The van der Waals surface area contributed by atoms with Crippen LogP contribution in [0.4, 0.5) is 0 Å². The van der Waals surface area contributed by atoms with Crippen LogP contribution in [-0.2, 0) is 0 Å². The first kappa shape index (κ1) is 13.9. The highest BCUT2D eigenvalue weighted by Crippen LogP contribution is 2.30. The molecule has 0 unspecified atom stereocenters. The molecule has 118 valence electrons. The summed E-state index contributed by atoms with van der Waals surface area (Å²) in [6.45, 7) is 0. The van der Waals surface area contributed by atoms with Crippen LogP contribution in [0, 0.1) is 0 Å². The van der Waals surface area contributed by atoms with Gasteiger partial charge in [0.2, 0.25) is 0 Å². The lowest BCUT2D eigenvalue weighted by Gasteiger charge is -2.14. The maximum Gasteiger partial charge on any atom is 0.264 e. The molecule has 0 radical (unpaired) electrons. The molecule has 0 aliphatic heterocycles. The van der Waals surface area contributed by atoms with E-state index in [0.717, 1.165) is 27.1 Å².